The van der Waals surface area contributed by atoms with Crippen molar-refractivity contribution in [2.45, 2.75) is 19.5 Å². The first kappa shape index (κ1) is 13.9. The van der Waals surface area contributed by atoms with Gasteiger partial charge in [-0.15, -0.1) is 0 Å². The second kappa shape index (κ2) is 6.09. The standard InChI is InChI=1S/C14H17F2N3/c1-11(9-17)19-7-5-18(6-8-19)10-12-13(15)3-2-4-14(12)16/h2-4,11H,5-8,10H2,1H3. The number of benzene rings is 1. The fraction of sp³-hybridized carbons (Fsp3) is 0.500. The molecule has 0 radical (unpaired) electrons. The molecule has 0 saturated carbocycles. The Kier molecular flexibility index (Phi) is 4.46. The van der Waals surface area contributed by atoms with E-state index >= 15 is 0 Å². The molecule has 1 aromatic rings. The zero-order valence-corrected chi connectivity index (χ0v) is 10.9. The highest BCUT2D eigenvalue weighted by atomic mass is 19.1. The summed E-state index contributed by atoms with van der Waals surface area (Å²) >= 11 is 0. The second-order valence-corrected chi connectivity index (χ2v) is 4.82. The third-order valence-electron chi connectivity index (χ3n) is 3.58. The van der Waals surface area contributed by atoms with Gasteiger partial charge in [-0.1, -0.05) is 6.07 Å². The van der Waals surface area contributed by atoms with Crippen LogP contribution >= 0.6 is 0 Å². The van der Waals surface area contributed by atoms with Crippen LogP contribution in [-0.2, 0) is 6.54 Å². The van der Waals surface area contributed by atoms with Crippen LogP contribution < -0.4 is 0 Å². The average Bonchev–Trinajstić information content (AvgIpc) is 2.43. The van der Waals surface area contributed by atoms with Crippen LogP contribution in [0.2, 0.25) is 0 Å². The molecule has 1 aromatic carbocycles. The Hall–Kier alpha value is -1.51. The molecule has 0 aliphatic carbocycles. The minimum atomic E-state index is -0.493. The fourth-order valence-corrected chi connectivity index (χ4v) is 2.30. The molecule has 1 fully saturated rings. The van der Waals surface area contributed by atoms with Gasteiger partial charge in [0.05, 0.1) is 12.1 Å². The van der Waals surface area contributed by atoms with Crippen LogP contribution in [0.1, 0.15) is 12.5 Å². The van der Waals surface area contributed by atoms with Crippen molar-refractivity contribution in [3.63, 3.8) is 0 Å². The van der Waals surface area contributed by atoms with Crippen LogP contribution in [0.25, 0.3) is 0 Å². The largest absolute Gasteiger partial charge is 0.296 e. The lowest BCUT2D eigenvalue weighted by atomic mass is 10.1. The van der Waals surface area contributed by atoms with Crippen LogP contribution in [-0.4, -0.2) is 42.0 Å². The normalized spacial score (nSPS) is 19.1. The molecule has 1 aliphatic rings. The van der Waals surface area contributed by atoms with Crippen molar-refractivity contribution in [1.82, 2.24) is 9.80 Å². The van der Waals surface area contributed by atoms with Crippen LogP contribution in [0, 0.1) is 23.0 Å². The van der Waals surface area contributed by atoms with Gasteiger partial charge in [0.1, 0.15) is 11.6 Å². The summed E-state index contributed by atoms with van der Waals surface area (Å²) < 4.78 is 27.1. The Bertz CT molecular complexity index is 456. The molecule has 1 saturated heterocycles. The first-order valence-electron chi connectivity index (χ1n) is 6.40. The SMILES string of the molecule is CC(C#N)N1CCN(Cc2c(F)cccc2F)CC1. The van der Waals surface area contributed by atoms with Gasteiger partial charge in [-0.3, -0.25) is 9.80 Å². The monoisotopic (exact) mass is 265 g/mol. The number of halogens is 2. The lowest BCUT2D eigenvalue weighted by Crippen LogP contribution is -2.48. The van der Waals surface area contributed by atoms with E-state index in [1.807, 2.05) is 11.8 Å². The van der Waals surface area contributed by atoms with Crippen molar-refractivity contribution in [3.8, 4) is 6.07 Å². The molecule has 0 aromatic heterocycles. The molecule has 3 nitrogen and oxygen atoms in total. The van der Waals surface area contributed by atoms with Gasteiger partial charge in [-0.25, -0.2) is 8.78 Å². The molecule has 1 aliphatic heterocycles. The van der Waals surface area contributed by atoms with Crippen LogP contribution in [0.4, 0.5) is 8.78 Å². The molecule has 5 heteroatoms. The predicted octanol–water partition coefficient (Wildman–Crippen LogP) is 1.99. The van der Waals surface area contributed by atoms with Gasteiger partial charge < -0.3 is 0 Å². The Balaban J connectivity index is 1.95. The van der Waals surface area contributed by atoms with E-state index in [2.05, 4.69) is 11.0 Å². The average molecular weight is 265 g/mol. The minimum absolute atomic E-state index is 0.104. The molecule has 1 atom stereocenters. The Labute approximate surface area is 112 Å². The van der Waals surface area contributed by atoms with E-state index in [9.17, 15) is 8.78 Å². The number of nitrogens with zero attached hydrogens (tertiary/aromatic N) is 3. The number of piperazine rings is 1. The maximum atomic E-state index is 13.5. The highest BCUT2D eigenvalue weighted by Crippen LogP contribution is 2.16. The van der Waals surface area contributed by atoms with E-state index in [0.717, 1.165) is 26.2 Å². The second-order valence-electron chi connectivity index (χ2n) is 4.82. The minimum Gasteiger partial charge on any atom is -0.296 e. The van der Waals surface area contributed by atoms with Gasteiger partial charge >= 0.3 is 0 Å². The molecule has 0 amide bonds. The zero-order chi connectivity index (χ0) is 13.8. The molecule has 102 valence electrons. The first-order valence-corrected chi connectivity index (χ1v) is 6.40. The van der Waals surface area contributed by atoms with Gasteiger partial charge in [-0.2, -0.15) is 5.26 Å². The highest BCUT2D eigenvalue weighted by molar-refractivity contribution is 5.19. The van der Waals surface area contributed by atoms with Gasteiger partial charge in [-0.05, 0) is 19.1 Å². The Morgan fingerprint density at radius 3 is 2.32 bits per heavy atom. The highest BCUT2D eigenvalue weighted by Gasteiger charge is 2.22. The molecule has 1 unspecified atom stereocenters. The topological polar surface area (TPSA) is 30.3 Å². The van der Waals surface area contributed by atoms with E-state index in [1.165, 1.54) is 18.2 Å². The van der Waals surface area contributed by atoms with E-state index in [4.69, 9.17) is 5.26 Å². The van der Waals surface area contributed by atoms with Crippen molar-refractivity contribution >= 4 is 0 Å². The van der Waals surface area contributed by atoms with Crippen LogP contribution in [0.3, 0.4) is 0 Å². The summed E-state index contributed by atoms with van der Waals surface area (Å²) in [6.45, 7) is 5.11. The molecule has 19 heavy (non-hydrogen) atoms. The summed E-state index contributed by atoms with van der Waals surface area (Å²) in [7, 11) is 0. The van der Waals surface area contributed by atoms with Gasteiger partial charge in [0.2, 0.25) is 0 Å². The Morgan fingerprint density at radius 2 is 1.79 bits per heavy atom. The molecular formula is C14H17F2N3. The molecule has 2 rings (SSSR count). The number of hydrogen-bond acceptors (Lipinski definition) is 3. The molecule has 1 heterocycles. The summed E-state index contributed by atoms with van der Waals surface area (Å²) in [5.74, 6) is -0.986. The van der Waals surface area contributed by atoms with Crippen molar-refractivity contribution in [1.29, 1.82) is 5.26 Å². The van der Waals surface area contributed by atoms with Crippen molar-refractivity contribution in [2.75, 3.05) is 26.2 Å². The van der Waals surface area contributed by atoms with Gasteiger partial charge in [0.15, 0.2) is 0 Å². The number of nitriles is 1. The lowest BCUT2D eigenvalue weighted by molar-refractivity contribution is 0.112. The molecule has 0 N–H and O–H groups in total. The van der Waals surface area contributed by atoms with Crippen molar-refractivity contribution in [2.24, 2.45) is 0 Å². The van der Waals surface area contributed by atoms with E-state index in [0.29, 0.717) is 0 Å². The maximum Gasteiger partial charge on any atom is 0.130 e. The first-order chi connectivity index (χ1) is 9.11. The molecule has 0 spiro atoms. The quantitative estimate of drug-likeness (QED) is 0.837. The predicted molar refractivity (Wildman–Crippen MR) is 68.3 cm³/mol. The Morgan fingerprint density at radius 1 is 1.21 bits per heavy atom. The van der Waals surface area contributed by atoms with E-state index in [1.54, 1.807) is 0 Å². The third kappa shape index (κ3) is 3.28. The fourth-order valence-electron chi connectivity index (χ4n) is 2.30. The summed E-state index contributed by atoms with van der Waals surface area (Å²) in [4.78, 5) is 4.09. The molecule has 0 bridgehead atoms. The lowest BCUT2D eigenvalue weighted by Gasteiger charge is -2.35. The number of hydrogen-bond donors (Lipinski definition) is 0. The summed E-state index contributed by atoms with van der Waals surface area (Å²) in [6, 6.07) is 6.04. The van der Waals surface area contributed by atoms with Crippen molar-refractivity contribution in [3.05, 3.63) is 35.4 Å². The summed E-state index contributed by atoms with van der Waals surface area (Å²) in [5, 5.41) is 8.86. The number of rotatable bonds is 3. The van der Waals surface area contributed by atoms with Gasteiger partial charge in [0.25, 0.3) is 0 Å². The third-order valence-corrected chi connectivity index (χ3v) is 3.58. The zero-order valence-electron chi connectivity index (χ0n) is 10.9. The molecular weight excluding hydrogens is 248 g/mol. The summed E-state index contributed by atoms with van der Waals surface area (Å²) in [6.07, 6.45) is 0. The van der Waals surface area contributed by atoms with E-state index < -0.39 is 11.6 Å². The van der Waals surface area contributed by atoms with Crippen molar-refractivity contribution < 1.29 is 8.78 Å². The maximum absolute atomic E-state index is 13.5. The summed E-state index contributed by atoms with van der Waals surface area (Å²) in [5.41, 5.74) is 0.129. The van der Waals surface area contributed by atoms with Crippen LogP contribution in [0.5, 0.6) is 0 Å². The smallest absolute Gasteiger partial charge is 0.130 e. The van der Waals surface area contributed by atoms with E-state index in [-0.39, 0.29) is 18.2 Å². The van der Waals surface area contributed by atoms with Crippen LogP contribution in [0.15, 0.2) is 18.2 Å². The van der Waals surface area contributed by atoms with Gasteiger partial charge in [0, 0.05) is 38.3 Å².